The van der Waals surface area contributed by atoms with Gasteiger partial charge in [0.1, 0.15) is 41.7 Å². The van der Waals surface area contributed by atoms with E-state index in [9.17, 15) is 29.9 Å². The van der Waals surface area contributed by atoms with Crippen LogP contribution in [0.2, 0.25) is 0 Å². The van der Waals surface area contributed by atoms with Crippen LogP contribution in [0.25, 0.3) is 0 Å². The third-order valence-corrected chi connectivity index (χ3v) is 5.34. The molecule has 0 spiro atoms. The summed E-state index contributed by atoms with van der Waals surface area (Å²) in [4.78, 5) is 0. The number of rotatable bonds is 8. The van der Waals surface area contributed by atoms with Crippen molar-refractivity contribution in [3.8, 4) is 11.5 Å². The molecule has 8 nitrogen and oxygen atoms in total. The van der Waals surface area contributed by atoms with Gasteiger partial charge in [-0.15, -0.1) is 0 Å². The highest BCUT2D eigenvalue weighted by Crippen LogP contribution is 2.32. The van der Waals surface area contributed by atoms with E-state index in [1.807, 2.05) is 6.92 Å². The Morgan fingerprint density at radius 2 is 1.72 bits per heavy atom. The molecular weight excluding hydrogens is 423 g/mol. The predicted octanol–water partition coefficient (Wildman–Crippen LogP) is 0.875. The van der Waals surface area contributed by atoms with Gasteiger partial charge < -0.3 is 39.7 Å². The molecule has 9 heteroatoms. The molecule has 0 aliphatic carbocycles. The lowest BCUT2D eigenvalue weighted by Crippen LogP contribution is -2.61. The molecule has 0 aromatic heterocycles. The second-order valence-corrected chi connectivity index (χ2v) is 7.77. The Morgan fingerprint density at radius 3 is 2.31 bits per heavy atom. The molecule has 1 saturated heterocycles. The maximum Gasteiger partial charge on any atom is 0.229 e. The van der Waals surface area contributed by atoms with Crippen molar-refractivity contribution in [2.75, 3.05) is 6.61 Å². The number of hydrogen-bond acceptors (Lipinski definition) is 8. The van der Waals surface area contributed by atoms with Crippen molar-refractivity contribution in [2.45, 2.75) is 63.7 Å². The van der Waals surface area contributed by atoms with E-state index in [2.05, 4.69) is 0 Å². The lowest BCUT2D eigenvalue weighted by atomic mass is 9.96. The summed E-state index contributed by atoms with van der Waals surface area (Å²) in [6.07, 6.45) is -8.57. The van der Waals surface area contributed by atoms with Crippen molar-refractivity contribution in [1.82, 2.24) is 0 Å². The first kappa shape index (κ1) is 24.4. The van der Waals surface area contributed by atoms with Gasteiger partial charge in [-0.3, -0.25) is 0 Å². The van der Waals surface area contributed by atoms with Gasteiger partial charge in [-0.25, -0.2) is 4.39 Å². The Kier molecular flexibility index (Phi) is 8.05. The van der Waals surface area contributed by atoms with Crippen LogP contribution in [0.3, 0.4) is 0 Å². The monoisotopic (exact) mass is 452 g/mol. The fourth-order valence-corrected chi connectivity index (χ4v) is 3.60. The van der Waals surface area contributed by atoms with Crippen LogP contribution < -0.4 is 9.47 Å². The van der Waals surface area contributed by atoms with Gasteiger partial charge in [-0.2, -0.15) is 0 Å². The molecule has 3 rings (SSSR count). The van der Waals surface area contributed by atoms with Gasteiger partial charge in [0.05, 0.1) is 19.3 Å². The van der Waals surface area contributed by atoms with E-state index < -0.39 is 49.2 Å². The van der Waals surface area contributed by atoms with E-state index in [0.29, 0.717) is 12.4 Å². The Balaban J connectivity index is 1.90. The minimum atomic E-state index is -1.65. The summed E-state index contributed by atoms with van der Waals surface area (Å²) >= 11 is 0. The van der Waals surface area contributed by atoms with Crippen molar-refractivity contribution in [1.29, 1.82) is 0 Å². The predicted molar refractivity (Wildman–Crippen MR) is 112 cm³/mol. The summed E-state index contributed by atoms with van der Waals surface area (Å²) in [6, 6.07) is 9.69. The van der Waals surface area contributed by atoms with Gasteiger partial charge >= 0.3 is 0 Å². The van der Waals surface area contributed by atoms with Crippen LogP contribution in [0.4, 0.5) is 4.39 Å². The zero-order valence-electron chi connectivity index (χ0n) is 17.9. The number of aliphatic hydroxyl groups excluding tert-OH is 5. The molecule has 0 unspecified atom stereocenters. The number of aliphatic hydroxyl groups is 5. The summed E-state index contributed by atoms with van der Waals surface area (Å²) in [7, 11) is 0. The quantitative estimate of drug-likeness (QED) is 0.399. The van der Waals surface area contributed by atoms with Crippen LogP contribution in [0.15, 0.2) is 36.4 Å². The first-order valence-electron chi connectivity index (χ1n) is 10.4. The molecule has 0 radical (unpaired) electrons. The first-order valence-corrected chi connectivity index (χ1v) is 10.4. The van der Waals surface area contributed by atoms with Crippen molar-refractivity contribution < 1.29 is 44.1 Å². The fraction of sp³-hybridized carbons (Fsp3) is 0.478. The molecule has 32 heavy (non-hydrogen) atoms. The summed E-state index contributed by atoms with van der Waals surface area (Å²) in [5.41, 5.74) is 1.15. The molecular formula is C23H29FO8. The summed E-state index contributed by atoms with van der Waals surface area (Å²) in [5.74, 6) is 0.0533. The van der Waals surface area contributed by atoms with Gasteiger partial charge in [0.25, 0.3) is 0 Å². The topological polar surface area (TPSA) is 129 Å². The molecule has 2 aromatic rings. The third kappa shape index (κ3) is 5.37. The highest BCUT2D eigenvalue weighted by Gasteiger charge is 2.46. The minimum absolute atomic E-state index is 0.0000765. The molecule has 1 aliphatic rings. The molecule has 5 N–H and O–H groups in total. The minimum Gasteiger partial charge on any atom is -0.494 e. The lowest BCUT2D eigenvalue weighted by molar-refractivity contribution is -0.286. The van der Waals surface area contributed by atoms with Crippen LogP contribution in [0.1, 0.15) is 30.5 Å². The van der Waals surface area contributed by atoms with Gasteiger partial charge in [0.2, 0.25) is 6.29 Å². The van der Waals surface area contributed by atoms with E-state index in [1.165, 1.54) is 19.1 Å². The van der Waals surface area contributed by atoms with Crippen LogP contribution >= 0.6 is 0 Å². The molecule has 0 bridgehead atoms. The number of ether oxygens (including phenoxy) is 3. The smallest absolute Gasteiger partial charge is 0.229 e. The SMILES string of the molecule is CCOc1ccc(Cc2c(F)cc(CO)cc2O[C@@H]2O[C@H]([C@H](C)O)[C@@H](O)[C@H](O)[C@H]2O)cc1. The van der Waals surface area contributed by atoms with Gasteiger partial charge in [-0.05, 0) is 49.2 Å². The summed E-state index contributed by atoms with van der Waals surface area (Å²) in [5, 5.41) is 49.8. The highest BCUT2D eigenvalue weighted by molar-refractivity contribution is 5.42. The lowest BCUT2D eigenvalue weighted by Gasteiger charge is -2.41. The Labute approximate surface area is 185 Å². The molecule has 2 aromatic carbocycles. The van der Waals surface area contributed by atoms with E-state index in [4.69, 9.17) is 14.2 Å². The largest absolute Gasteiger partial charge is 0.494 e. The highest BCUT2D eigenvalue weighted by atomic mass is 19.1. The zero-order chi connectivity index (χ0) is 23.4. The average Bonchev–Trinajstić information content (AvgIpc) is 2.77. The molecule has 1 fully saturated rings. The summed E-state index contributed by atoms with van der Waals surface area (Å²) < 4.78 is 31.5. The zero-order valence-corrected chi connectivity index (χ0v) is 17.9. The maximum atomic E-state index is 14.9. The first-order chi connectivity index (χ1) is 15.2. The number of benzene rings is 2. The van der Waals surface area contributed by atoms with Gasteiger partial charge in [0.15, 0.2) is 0 Å². The van der Waals surface area contributed by atoms with Crippen molar-refractivity contribution in [3.05, 3.63) is 58.9 Å². The van der Waals surface area contributed by atoms with E-state index in [1.54, 1.807) is 24.3 Å². The Hall–Kier alpha value is -2.27. The van der Waals surface area contributed by atoms with E-state index in [-0.39, 0.29) is 23.3 Å². The van der Waals surface area contributed by atoms with Gasteiger partial charge in [0, 0.05) is 12.0 Å². The second kappa shape index (κ2) is 10.6. The van der Waals surface area contributed by atoms with Crippen LogP contribution in [-0.2, 0) is 17.8 Å². The third-order valence-electron chi connectivity index (χ3n) is 5.34. The van der Waals surface area contributed by atoms with Crippen molar-refractivity contribution in [2.24, 2.45) is 0 Å². The van der Waals surface area contributed by atoms with Crippen LogP contribution in [0, 0.1) is 5.82 Å². The van der Waals surface area contributed by atoms with Crippen molar-refractivity contribution in [3.63, 3.8) is 0 Å². The van der Waals surface area contributed by atoms with Crippen LogP contribution in [-0.4, -0.2) is 68.9 Å². The standard InChI is InChI=1S/C23H29FO8/c1-3-30-15-6-4-13(5-7-15)8-16-17(24)9-14(11-25)10-18(16)31-23-21(29)19(27)20(28)22(32-23)12(2)26/h4-7,9-10,12,19-23,25-29H,3,8,11H2,1-2H3/t12-,19-,20-,21+,22+,23+/m0/s1. The second-order valence-electron chi connectivity index (χ2n) is 7.77. The molecule has 0 amide bonds. The molecule has 0 saturated carbocycles. The van der Waals surface area contributed by atoms with E-state index >= 15 is 0 Å². The van der Waals surface area contributed by atoms with Gasteiger partial charge in [-0.1, -0.05) is 12.1 Å². The summed E-state index contributed by atoms with van der Waals surface area (Å²) in [6.45, 7) is 3.31. The molecule has 176 valence electrons. The average molecular weight is 452 g/mol. The normalized spacial score (nSPS) is 26.6. The number of hydrogen-bond donors (Lipinski definition) is 5. The molecule has 1 heterocycles. The maximum absolute atomic E-state index is 14.9. The number of halogens is 1. The molecule has 6 atom stereocenters. The Morgan fingerprint density at radius 1 is 1.03 bits per heavy atom. The Bertz CT molecular complexity index is 888. The fourth-order valence-electron chi connectivity index (χ4n) is 3.60. The van der Waals surface area contributed by atoms with E-state index in [0.717, 1.165) is 5.56 Å². The molecule has 1 aliphatic heterocycles. The van der Waals surface area contributed by atoms with Crippen LogP contribution in [0.5, 0.6) is 11.5 Å². The van der Waals surface area contributed by atoms with Crippen molar-refractivity contribution >= 4 is 0 Å².